The molecule has 0 saturated carbocycles. The Bertz CT molecular complexity index is 534. The highest BCUT2D eigenvalue weighted by Gasteiger charge is 2.03. The van der Waals surface area contributed by atoms with E-state index in [-0.39, 0.29) is 25.0 Å². The largest absolute Gasteiger partial charge is 0.466 e. The van der Waals surface area contributed by atoms with Gasteiger partial charge in [-0.1, -0.05) is 45.4 Å². The summed E-state index contributed by atoms with van der Waals surface area (Å²) in [5.41, 5.74) is 0. The van der Waals surface area contributed by atoms with Gasteiger partial charge in [-0.25, -0.2) is 0 Å². The molecule has 238 valence electrons. The molecule has 11 nitrogen and oxygen atoms in total. The van der Waals surface area contributed by atoms with Gasteiger partial charge in [-0.15, -0.1) is 0 Å². The molecule has 0 aliphatic carbocycles. The number of carbonyl (C=O) groups is 2. The number of unbranched alkanes of at least 4 members (excludes halogenated alkanes) is 6. The summed E-state index contributed by atoms with van der Waals surface area (Å²) in [5, 5.41) is 0. The van der Waals surface area contributed by atoms with E-state index in [1.54, 1.807) is 6.92 Å². The molecule has 0 fully saturated rings. The van der Waals surface area contributed by atoms with E-state index in [4.69, 9.17) is 42.6 Å². The molecule has 0 aliphatic rings. The summed E-state index contributed by atoms with van der Waals surface area (Å²) in [6, 6.07) is 0. The van der Waals surface area contributed by atoms with Crippen molar-refractivity contribution in [3.63, 3.8) is 0 Å². The number of ether oxygens (including phenoxy) is 9. The summed E-state index contributed by atoms with van der Waals surface area (Å²) in [4.78, 5) is 22.8. The van der Waals surface area contributed by atoms with Gasteiger partial charge in [-0.05, 0) is 13.3 Å². The van der Waals surface area contributed by atoms with E-state index in [9.17, 15) is 9.59 Å². The molecule has 0 aromatic carbocycles. The maximum Gasteiger partial charge on any atom is 0.308 e. The normalized spacial score (nSPS) is 11.2. The molecule has 0 bridgehead atoms. The maximum atomic E-state index is 11.7. The van der Waals surface area contributed by atoms with Crippen molar-refractivity contribution in [3.05, 3.63) is 0 Å². The second kappa shape index (κ2) is 33.9. The van der Waals surface area contributed by atoms with Gasteiger partial charge >= 0.3 is 11.9 Å². The van der Waals surface area contributed by atoms with Crippen LogP contribution in [0.2, 0.25) is 0 Å². The van der Waals surface area contributed by atoms with Crippen LogP contribution in [-0.2, 0) is 52.2 Å². The number of hydrogen-bond donors (Lipinski definition) is 0. The maximum absolute atomic E-state index is 11.7. The Kier molecular flexibility index (Phi) is 32.7. The van der Waals surface area contributed by atoms with Crippen LogP contribution in [0.15, 0.2) is 0 Å². The summed E-state index contributed by atoms with van der Waals surface area (Å²) in [5.74, 6) is -0.394. The lowest BCUT2D eigenvalue weighted by atomic mass is 10.1. The van der Waals surface area contributed by atoms with Gasteiger partial charge in [-0.3, -0.25) is 9.59 Å². The third-order valence-corrected chi connectivity index (χ3v) is 5.46. The van der Waals surface area contributed by atoms with E-state index >= 15 is 0 Å². The fourth-order valence-electron chi connectivity index (χ4n) is 3.32. The van der Waals surface area contributed by atoms with E-state index in [1.165, 1.54) is 32.1 Å². The van der Waals surface area contributed by atoms with Crippen LogP contribution in [0.25, 0.3) is 0 Å². The van der Waals surface area contributed by atoms with E-state index in [1.807, 2.05) is 0 Å². The molecule has 11 heteroatoms. The molecule has 0 rings (SSSR count). The van der Waals surface area contributed by atoms with Gasteiger partial charge in [0.05, 0.1) is 106 Å². The highest BCUT2D eigenvalue weighted by Crippen LogP contribution is 2.08. The van der Waals surface area contributed by atoms with Crippen molar-refractivity contribution in [2.75, 3.05) is 106 Å². The average Bonchev–Trinajstić information content (AvgIpc) is 2.95. The third kappa shape index (κ3) is 32.9. The summed E-state index contributed by atoms with van der Waals surface area (Å²) < 4.78 is 47.8. The van der Waals surface area contributed by atoms with Crippen molar-refractivity contribution in [1.29, 1.82) is 0 Å². The number of esters is 2. The van der Waals surface area contributed by atoms with E-state index in [0.717, 1.165) is 12.8 Å². The minimum atomic E-state index is -0.251. The smallest absolute Gasteiger partial charge is 0.308 e. The van der Waals surface area contributed by atoms with Crippen LogP contribution >= 0.6 is 0 Å². The van der Waals surface area contributed by atoms with Crippen LogP contribution in [0.5, 0.6) is 0 Å². The Morgan fingerprint density at radius 3 is 1.15 bits per heavy atom. The van der Waals surface area contributed by atoms with Crippen molar-refractivity contribution in [2.24, 2.45) is 0 Å². The molecule has 0 N–H and O–H groups in total. The Morgan fingerprint density at radius 1 is 0.375 bits per heavy atom. The molecule has 0 amide bonds. The molecular weight excluding hydrogens is 524 g/mol. The van der Waals surface area contributed by atoms with Gasteiger partial charge in [0.25, 0.3) is 0 Å². The average molecular weight is 581 g/mol. The SMILES string of the molecule is CCCCCCCCCC(=O)OCCOCCOCCOCCOCCOCCOCCOCCC(=O)OCC. The monoisotopic (exact) mass is 580 g/mol. The lowest BCUT2D eigenvalue weighted by Crippen LogP contribution is -2.15. The minimum Gasteiger partial charge on any atom is -0.466 e. The highest BCUT2D eigenvalue weighted by molar-refractivity contribution is 5.69. The van der Waals surface area contributed by atoms with E-state index < -0.39 is 0 Å². The lowest BCUT2D eigenvalue weighted by molar-refractivity contribution is -0.146. The Hall–Kier alpha value is -1.34. The molecular formula is C29H56O11. The molecule has 40 heavy (non-hydrogen) atoms. The Labute approximate surface area is 241 Å². The standard InChI is InChI=1S/C29H56O11/c1-3-5-6-7-8-9-10-11-28(30)40-27-26-38-25-24-37-23-22-36-21-20-35-19-18-34-17-16-33-15-14-32-13-12-29(31)39-4-2/h3-27H2,1-2H3. The first-order chi connectivity index (χ1) is 19.7. The second-order valence-corrected chi connectivity index (χ2v) is 8.93. The quantitative estimate of drug-likeness (QED) is 0.0835. The molecule has 0 aromatic heterocycles. The zero-order valence-electron chi connectivity index (χ0n) is 25.2. The number of rotatable bonds is 33. The van der Waals surface area contributed by atoms with Crippen LogP contribution in [0.4, 0.5) is 0 Å². The summed E-state index contributed by atoms with van der Waals surface area (Å²) in [6.45, 7) is 11.1. The first-order valence-corrected chi connectivity index (χ1v) is 15.1. The van der Waals surface area contributed by atoms with Gasteiger partial charge in [0, 0.05) is 6.42 Å². The first-order valence-electron chi connectivity index (χ1n) is 15.1. The molecule has 0 saturated heterocycles. The van der Waals surface area contributed by atoms with E-state index in [2.05, 4.69) is 6.92 Å². The fraction of sp³-hybridized carbons (Fsp3) is 0.931. The van der Waals surface area contributed by atoms with Crippen LogP contribution < -0.4 is 0 Å². The predicted molar refractivity (Wildman–Crippen MR) is 151 cm³/mol. The number of hydrogen-bond acceptors (Lipinski definition) is 11. The molecule has 0 unspecified atom stereocenters. The molecule has 0 spiro atoms. The summed E-state index contributed by atoms with van der Waals surface area (Å²) >= 11 is 0. The fourth-order valence-corrected chi connectivity index (χ4v) is 3.32. The van der Waals surface area contributed by atoms with Gasteiger partial charge in [0.2, 0.25) is 0 Å². The molecule has 0 aliphatic heterocycles. The molecule has 0 aromatic rings. The van der Waals surface area contributed by atoms with Crippen molar-refractivity contribution < 1.29 is 52.2 Å². The van der Waals surface area contributed by atoms with Crippen molar-refractivity contribution in [3.8, 4) is 0 Å². The minimum absolute atomic E-state index is 0.143. The van der Waals surface area contributed by atoms with Crippen molar-refractivity contribution >= 4 is 11.9 Å². The second-order valence-electron chi connectivity index (χ2n) is 8.93. The van der Waals surface area contributed by atoms with E-state index in [0.29, 0.717) is 106 Å². The Morgan fingerprint density at radius 2 is 0.725 bits per heavy atom. The van der Waals surface area contributed by atoms with Gasteiger partial charge < -0.3 is 42.6 Å². The molecule has 0 atom stereocenters. The molecule has 0 radical (unpaired) electrons. The lowest BCUT2D eigenvalue weighted by Gasteiger charge is -2.09. The van der Waals surface area contributed by atoms with Crippen molar-refractivity contribution in [2.45, 2.75) is 71.6 Å². The van der Waals surface area contributed by atoms with Gasteiger partial charge in [0.15, 0.2) is 0 Å². The van der Waals surface area contributed by atoms with Gasteiger partial charge in [-0.2, -0.15) is 0 Å². The van der Waals surface area contributed by atoms with Crippen molar-refractivity contribution in [1.82, 2.24) is 0 Å². The summed E-state index contributed by atoms with van der Waals surface area (Å²) in [7, 11) is 0. The zero-order valence-corrected chi connectivity index (χ0v) is 25.2. The van der Waals surface area contributed by atoms with Crippen LogP contribution in [0, 0.1) is 0 Å². The first kappa shape index (κ1) is 38.7. The predicted octanol–water partition coefficient (Wildman–Crippen LogP) is 3.74. The highest BCUT2D eigenvalue weighted by atomic mass is 16.6. The zero-order chi connectivity index (χ0) is 29.2. The topological polar surface area (TPSA) is 117 Å². The Balaban J connectivity index is 3.13. The van der Waals surface area contributed by atoms with Crippen LogP contribution in [-0.4, -0.2) is 118 Å². The third-order valence-electron chi connectivity index (χ3n) is 5.46. The molecule has 0 heterocycles. The number of carbonyl (C=O) groups excluding carboxylic acids is 2. The van der Waals surface area contributed by atoms with Crippen LogP contribution in [0.1, 0.15) is 71.6 Å². The van der Waals surface area contributed by atoms with Gasteiger partial charge in [0.1, 0.15) is 6.61 Å². The van der Waals surface area contributed by atoms with Crippen LogP contribution in [0.3, 0.4) is 0 Å². The summed E-state index contributed by atoms with van der Waals surface area (Å²) in [6.07, 6.45) is 9.05.